The molecule has 17 heavy (non-hydrogen) atoms. The molecule has 0 radical (unpaired) electrons. The lowest BCUT2D eigenvalue weighted by atomic mass is 10.1. The Balaban J connectivity index is 2.72. The van der Waals surface area contributed by atoms with Gasteiger partial charge >= 0.3 is 5.69 Å². The summed E-state index contributed by atoms with van der Waals surface area (Å²) in [7, 11) is 1.43. The molecule has 0 atom stereocenters. The molecule has 0 saturated carbocycles. The average molecular weight is 238 g/mol. The van der Waals surface area contributed by atoms with Crippen molar-refractivity contribution in [3.63, 3.8) is 0 Å². The summed E-state index contributed by atoms with van der Waals surface area (Å²) in [5.41, 5.74) is -0.725. The van der Waals surface area contributed by atoms with Gasteiger partial charge in [0, 0.05) is 18.7 Å². The Kier molecular flexibility index (Phi) is 2.63. The molecule has 0 fully saturated rings. The molecule has 0 aliphatic carbocycles. The van der Waals surface area contributed by atoms with E-state index in [0.29, 0.717) is 0 Å². The zero-order valence-corrected chi connectivity index (χ0v) is 8.83. The first-order chi connectivity index (χ1) is 7.99. The lowest BCUT2D eigenvalue weighted by Gasteiger charge is -2.07. The van der Waals surface area contributed by atoms with Gasteiger partial charge in [0.1, 0.15) is 0 Å². The molecular weight excluding hydrogens is 230 g/mol. The number of hydrogen-bond donors (Lipinski definition) is 1. The highest BCUT2D eigenvalue weighted by Crippen LogP contribution is 2.18. The molecule has 0 bridgehead atoms. The highest BCUT2D eigenvalue weighted by atomic mass is 19.2. The van der Waals surface area contributed by atoms with Crippen molar-refractivity contribution < 1.29 is 8.78 Å². The number of hydrogen-bond acceptors (Lipinski definition) is 2. The Morgan fingerprint density at radius 3 is 2.47 bits per heavy atom. The fourth-order valence-corrected chi connectivity index (χ4v) is 1.49. The van der Waals surface area contributed by atoms with Crippen LogP contribution in [0, 0.1) is 11.6 Å². The Morgan fingerprint density at radius 2 is 1.82 bits per heavy atom. The summed E-state index contributed by atoms with van der Waals surface area (Å²) in [6.45, 7) is 0. The fourth-order valence-electron chi connectivity index (χ4n) is 1.49. The third-order valence-electron chi connectivity index (χ3n) is 2.38. The van der Waals surface area contributed by atoms with Crippen LogP contribution in [0.2, 0.25) is 0 Å². The number of nitrogens with zero attached hydrogens (tertiary/aromatic N) is 1. The highest BCUT2D eigenvalue weighted by Gasteiger charge is 2.08. The molecule has 0 aliphatic heterocycles. The topological polar surface area (TPSA) is 54.9 Å². The lowest BCUT2D eigenvalue weighted by molar-refractivity contribution is 0.509. The molecule has 1 aromatic carbocycles. The van der Waals surface area contributed by atoms with Gasteiger partial charge in [0.15, 0.2) is 11.6 Å². The fraction of sp³-hybridized carbons (Fsp3) is 0.0909. The van der Waals surface area contributed by atoms with Crippen molar-refractivity contribution in [2.75, 3.05) is 0 Å². The molecule has 6 heteroatoms. The molecule has 88 valence electrons. The van der Waals surface area contributed by atoms with E-state index >= 15 is 0 Å². The van der Waals surface area contributed by atoms with Crippen LogP contribution in [0.25, 0.3) is 11.3 Å². The van der Waals surface area contributed by atoms with E-state index in [1.807, 2.05) is 0 Å². The summed E-state index contributed by atoms with van der Waals surface area (Å²) < 4.78 is 27.0. The van der Waals surface area contributed by atoms with Gasteiger partial charge in [0.25, 0.3) is 5.56 Å². The molecule has 0 amide bonds. The number of benzene rings is 1. The van der Waals surface area contributed by atoms with Gasteiger partial charge in [-0.25, -0.2) is 13.6 Å². The van der Waals surface area contributed by atoms with Crippen LogP contribution in [0.5, 0.6) is 0 Å². The van der Waals surface area contributed by atoms with Crippen LogP contribution < -0.4 is 11.2 Å². The van der Waals surface area contributed by atoms with E-state index in [2.05, 4.69) is 4.98 Å². The molecule has 2 rings (SSSR count). The van der Waals surface area contributed by atoms with Crippen molar-refractivity contribution in [2.45, 2.75) is 0 Å². The van der Waals surface area contributed by atoms with Gasteiger partial charge in [-0.2, -0.15) is 0 Å². The quantitative estimate of drug-likeness (QED) is 0.806. The molecule has 0 saturated heterocycles. The largest absolute Gasteiger partial charge is 0.328 e. The van der Waals surface area contributed by atoms with Gasteiger partial charge in [-0.3, -0.25) is 14.3 Å². The van der Waals surface area contributed by atoms with Crippen LogP contribution in [-0.4, -0.2) is 9.55 Å². The maximum Gasteiger partial charge on any atom is 0.328 e. The first-order valence-corrected chi connectivity index (χ1v) is 4.75. The Bertz CT molecular complexity index is 689. The highest BCUT2D eigenvalue weighted by molar-refractivity contribution is 5.59. The number of aromatic amines is 1. The standard InChI is InChI=1S/C11H8F2N2O2/c1-15-9(5-10(16)14-11(15)17)6-2-3-7(12)8(13)4-6/h2-5H,1H3,(H,14,16,17). The van der Waals surface area contributed by atoms with Crippen LogP contribution in [0.1, 0.15) is 0 Å². The van der Waals surface area contributed by atoms with Crippen molar-refractivity contribution >= 4 is 0 Å². The molecule has 1 aromatic heterocycles. The molecule has 0 unspecified atom stereocenters. The van der Waals surface area contributed by atoms with Crippen LogP contribution in [0.3, 0.4) is 0 Å². The minimum absolute atomic E-state index is 0.220. The third kappa shape index (κ3) is 2.01. The zero-order chi connectivity index (χ0) is 12.6. The van der Waals surface area contributed by atoms with Crippen molar-refractivity contribution in [3.05, 3.63) is 56.7 Å². The Morgan fingerprint density at radius 1 is 1.12 bits per heavy atom. The van der Waals surface area contributed by atoms with E-state index in [4.69, 9.17) is 0 Å². The summed E-state index contributed by atoms with van der Waals surface area (Å²) in [5.74, 6) is -2.01. The third-order valence-corrected chi connectivity index (χ3v) is 2.38. The molecule has 0 aliphatic rings. The monoisotopic (exact) mass is 238 g/mol. The number of rotatable bonds is 1. The molecule has 1 N–H and O–H groups in total. The maximum absolute atomic E-state index is 13.0. The lowest BCUT2D eigenvalue weighted by Crippen LogP contribution is -2.28. The van der Waals surface area contributed by atoms with Gasteiger partial charge in [-0.05, 0) is 18.2 Å². The minimum Gasteiger partial charge on any atom is -0.296 e. The zero-order valence-electron chi connectivity index (χ0n) is 8.83. The van der Waals surface area contributed by atoms with Gasteiger partial charge in [-0.1, -0.05) is 0 Å². The second kappa shape index (κ2) is 3.97. The molecular formula is C11H8F2N2O2. The first-order valence-electron chi connectivity index (χ1n) is 4.75. The Hall–Kier alpha value is -2.24. The van der Waals surface area contributed by atoms with Crippen molar-refractivity contribution in [3.8, 4) is 11.3 Å². The second-order valence-corrected chi connectivity index (χ2v) is 3.51. The smallest absolute Gasteiger partial charge is 0.296 e. The maximum atomic E-state index is 13.0. The van der Waals surface area contributed by atoms with Gasteiger partial charge in [0.2, 0.25) is 0 Å². The van der Waals surface area contributed by atoms with Gasteiger partial charge in [-0.15, -0.1) is 0 Å². The summed E-state index contributed by atoms with van der Waals surface area (Å²) in [4.78, 5) is 24.5. The number of halogens is 2. The van der Waals surface area contributed by atoms with E-state index < -0.39 is 22.9 Å². The second-order valence-electron chi connectivity index (χ2n) is 3.51. The van der Waals surface area contributed by atoms with E-state index in [1.54, 1.807) is 0 Å². The molecule has 1 heterocycles. The predicted molar refractivity (Wildman–Crippen MR) is 57.7 cm³/mol. The van der Waals surface area contributed by atoms with Crippen LogP contribution in [0.15, 0.2) is 33.9 Å². The summed E-state index contributed by atoms with van der Waals surface area (Å²) in [6, 6.07) is 4.32. The first kappa shape index (κ1) is 11.3. The SMILES string of the molecule is Cn1c(-c2ccc(F)c(F)c2)cc(=O)[nH]c1=O. The molecule has 4 nitrogen and oxygen atoms in total. The number of aromatic nitrogens is 2. The van der Waals surface area contributed by atoms with E-state index in [0.717, 1.165) is 22.8 Å². The van der Waals surface area contributed by atoms with Crippen LogP contribution in [-0.2, 0) is 7.05 Å². The van der Waals surface area contributed by atoms with Crippen molar-refractivity contribution in [1.29, 1.82) is 0 Å². The van der Waals surface area contributed by atoms with Gasteiger partial charge < -0.3 is 0 Å². The predicted octanol–water partition coefficient (Wildman–Crippen LogP) is 1.02. The summed E-state index contributed by atoms with van der Waals surface area (Å²) in [6.07, 6.45) is 0. The van der Waals surface area contributed by atoms with Crippen LogP contribution in [0.4, 0.5) is 8.78 Å². The average Bonchev–Trinajstić information content (AvgIpc) is 2.27. The summed E-state index contributed by atoms with van der Waals surface area (Å²) in [5, 5.41) is 0. The van der Waals surface area contributed by atoms with E-state index in [9.17, 15) is 18.4 Å². The van der Waals surface area contributed by atoms with Crippen molar-refractivity contribution in [1.82, 2.24) is 9.55 Å². The number of nitrogens with one attached hydrogen (secondary N) is 1. The Labute approximate surface area is 94.2 Å². The summed E-state index contributed by atoms with van der Waals surface area (Å²) >= 11 is 0. The van der Waals surface area contributed by atoms with E-state index in [1.165, 1.54) is 13.1 Å². The van der Waals surface area contributed by atoms with Gasteiger partial charge in [0.05, 0.1) is 5.69 Å². The van der Waals surface area contributed by atoms with Crippen LogP contribution >= 0.6 is 0 Å². The molecule has 2 aromatic rings. The normalized spacial score (nSPS) is 10.5. The van der Waals surface area contributed by atoms with Crippen molar-refractivity contribution in [2.24, 2.45) is 7.05 Å². The molecule has 0 spiro atoms. The minimum atomic E-state index is -1.03. The van der Waals surface area contributed by atoms with E-state index in [-0.39, 0.29) is 11.3 Å². The number of H-pyrrole nitrogens is 1.